The van der Waals surface area contributed by atoms with Crippen LogP contribution in [0.2, 0.25) is 0 Å². The first-order chi connectivity index (χ1) is 8.59. The highest BCUT2D eigenvalue weighted by molar-refractivity contribution is 5.94. The molecule has 98 valence electrons. The van der Waals surface area contributed by atoms with Crippen LogP contribution in [-0.2, 0) is 4.74 Å². The molecule has 4 nitrogen and oxygen atoms in total. The molecule has 2 rings (SSSR count). The molecule has 1 heterocycles. The van der Waals surface area contributed by atoms with Gasteiger partial charge in [-0.15, -0.1) is 0 Å². The number of nitrogens with one attached hydrogen (secondary N) is 1. The van der Waals surface area contributed by atoms with Crippen molar-refractivity contribution < 1.29 is 19.0 Å². The van der Waals surface area contributed by atoms with Crippen molar-refractivity contribution in [3.63, 3.8) is 0 Å². The first kappa shape index (κ1) is 12.8. The van der Waals surface area contributed by atoms with Gasteiger partial charge in [-0.1, -0.05) is 6.07 Å². The molecule has 0 spiro atoms. The van der Waals surface area contributed by atoms with Crippen molar-refractivity contribution in [1.82, 2.24) is 0 Å². The molecule has 2 unspecified atom stereocenters. The Morgan fingerprint density at radius 3 is 3.00 bits per heavy atom. The molecule has 5 heteroatoms. The van der Waals surface area contributed by atoms with Crippen LogP contribution in [0.4, 0.5) is 10.1 Å². The quantitative estimate of drug-likeness (QED) is 0.864. The molecule has 0 bridgehead atoms. The number of hydrogen-bond donors (Lipinski definition) is 2. The van der Waals surface area contributed by atoms with Gasteiger partial charge in [-0.3, -0.25) is 0 Å². The standard InChI is InChI=1S/C13H16FNO3/c1-8-9(5-6-18-8)7-15-11-4-2-3-10(14)12(11)13(16)17/h2-4,8-9,15H,5-7H2,1H3,(H,16,17). The Balaban J connectivity index is 2.09. The average molecular weight is 253 g/mol. The number of aromatic carboxylic acids is 1. The Bertz CT molecular complexity index is 450. The predicted octanol–water partition coefficient (Wildman–Crippen LogP) is 2.36. The molecule has 1 aliphatic heterocycles. The largest absolute Gasteiger partial charge is 0.478 e. The van der Waals surface area contributed by atoms with Crippen molar-refractivity contribution in [3.05, 3.63) is 29.6 Å². The van der Waals surface area contributed by atoms with E-state index in [1.807, 2.05) is 6.92 Å². The van der Waals surface area contributed by atoms with E-state index in [-0.39, 0.29) is 11.7 Å². The van der Waals surface area contributed by atoms with E-state index in [0.29, 0.717) is 18.2 Å². The van der Waals surface area contributed by atoms with Crippen LogP contribution in [0.1, 0.15) is 23.7 Å². The highest BCUT2D eigenvalue weighted by atomic mass is 19.1. The van der Waals surface area contributed by atoms with Gasteiger partial charge in [0.1, 0.15) is 11.4 Å². The van der Waals surface area contributed by atoms with Crippen LogP contribution >= 0.6 is 0 Å². The highest BCUT2D eigenvalue weighted by Gasteiger charge is 2.24. The molecule has 2 N–H and O–H groups in total. The minimum atomic E-state index is -1.26. The summed E-state index contributed by atoms with van der Waals surface area (Å²) in [4.78, 5) is 11.0. The zero-order chi connectivity index (χ0) is 13.1. The summed E-state index contributed by atoms with van der Waals surface area (Å²) in [5.74, 6) is -1.65. The molecule has 1 aliphatic rings. The summed E-state index contributed by atoms with van der Waals surface area (Å²) in [5, 5.41) is 12.0. The molecule has 18 heavy (non-hydrogen) atoms. The molecule has 1 aromatic rings. The number of benzene rings is 1. The maximum atomic E-state index is 13.4. The number of carboxylic acids is 1. The van der Waals surface area contributed by atoms with Gasteiger partial charge < -0.3 is 15.2 Å². The molecule has 0 aliphatic carbocycles. The predicted molar refractivity (Wildman–Crippen MR) is 65.4 cm³/mol. The van der Waals surface area contributed by atoms with Crippen molar-refractivity contribution >= 4 is 11.7 Å². The fourth-order valence-corrected chi connectivity index (χ4v) is 2.17. The van der Waals surface area contributed by atoms with E-state index in [0.717, 1.165) is 19.1 Å². The van der Waals surface area contributed by atoms with Gasteiger partial charge in [-0.25, -0.2) is 9.18 Å². The third-order valence-electron chi connectivity index (χ3n) is 3.32. The summed E-state index contributed by atoms with van der Waals surface area (Å²) >= 11 is 0. The Morgan fingerprint density at radius 1 is 1.61 bits per heavy atom. The van der Waals surface area contributed by atoms with E-state index in [2.05, 4.69) is 5.32 Å². The molecular weight excluding hydrogens is 237 g/mol. The lowest BCUT2D eigenvalue weighted by molar-refractivity contribution is 0.0693. The van der Waals surface area contributed by atoms with Crippen LogP contribution in [0, 0.1) is 11.7 Å². The van der Waals surface area contributed by atoms with Crippen molar-refractivity contribution in [2.45, 2.75) is 19.4 Å². The van der Waals surface area contributed by atoms with Gasteiger partial charge in [0.25, 0.3) is 0 Å². The minimum Gasteiger partial charge on any atom is -0.478 e. The monoisotopic (exact) mass is 253 g/mol. The first-order valence-corrected chi connectivity index (χ1v) is 5.97. The average Bonchev–Trinajstić information content (AvgIpc) is 2.71. The summed E-state index contributed by atoms with van der Waals surface area (Å²) in [5.41, 5.74) is 0.0191. The van der Waals surface area contributed by atoms with Crippen LogP contribution in [-0.4, -0.2) is 30.3 Å². The summed E-state index contributed by atoms with van der Waals surface area (Å²) in [6.07, 6.45) is 1.09. The minimum absolute atomic E-state index is 0.152. The van der Waals surface area contributed by atoms with Gasteiger partial charge in [0.15, 0.2) is 0 Å². The highest BCUT2D eigenvalue weighted by Crippen LogP contribution is 2.23. The second-order valence-corrected chi connectivity index (χ2v) is 4.47. The zero-order valence-corrected chi connectivity index (χ0v) is 10.1. The third kappa shape index (κ3) is 2.61. The number of carboxylic acid groups (broad SMARTS) is 1. The third-order valence-corrected chi connectivity index (χ3v) is 3.32. The molecule has 0 saturated carbocycles. The number of ether oxygens (including phenoxy) is 1. The second-order valence-electron chi connectivity index (χ2n) is 4.47. The summed E-state index contributed by atoms with van der Waals surface area (Å²) in [6.45, 7) is 3.30. The smallest absolute Gasteiger partial charge is 0.340 e. The Labute approximate surface area is 105 Å². The normalized spacial score (nSPS) is 23.0. The van der Waals surface area contributed by atoms with Crippen molar-refractivity contribution in [2.24, 2.45) is 5.92 Å². The molecule has 0 radical (unpaired) electrons. The number of halogens is 1. The van der Waals surface area contributed by atoms with Crippen molar-refractivity contribution in [2.75, 3.05) is 18.5 Å². The van der Waals surface area contributed by atoms with Crippen LogP contribution < -0.4 is 5.32 Å². The van der Waals surface area contributed by atoms with Gasteiger partial charge in [-0.05, 0) is 25.5 Å². The van der Waals surface area contributed by atoms with Gasteiger partial charge in [0.05, 0.1) is 11.8 Å². The van der Waals surface area contributed by atoms with E-state index in [1.54, 1.807) is 6.07 Å². The maximum Gasteiger partial charge on any atom is 0.340 e. The van der Waals surface area contributed by atoms with Crippen molar-refractivity contribution in [1.29, 1.82) is 0 Å². The summed E-state index contributed by atoms with van der Waals surface area (Å²) < 4.78 is 18.9. The topological polar surface area (TPSA) is 58.6 Å². The number of carbonyl (C=O) groups is 1. The SMILES string of the molecule is CC1OCCC1CNc1cccc(F)c1C(=O)O. The molecule has 0 amide bonds. The molecule has 2 atom stereocenters. The van der Waals surface area contributed by atoms with Gasteiger partial charge >= 0.3 is 5.97 Å². The van der Waals surface area contributed by atoms with Crippen LogP contribution in [0.3, 0.4) is 0 Å². The number of hydrogen-bond acceptors (Lipinski definition) is 3. The fourth-order valence-electron chi connectivity index (χ4n) is 2.17. The molecular formula is C13H16FNO3. The fraction of sp³-hybridized carbons (Fsp3) is 0.462. The van der Waals surface area contributed by atoms with Crippen molar-refractivity contribution in [3.8, 4) is 0 Å². The van der Waals surface area contributed by atoms with Crippen LogP contribution in [0.25, 0.3) is 0 Å². The Kier molecular flexibility index (Phi) is 3.81. The van der Waals surface area contributed by atoms with E-state index < -0.39 is 11.8 Å². The second kappa shape index (κ2) is 5.35. The zero-order valence-electron chi connectivity index (χ0n) is 10.1. The number of rotatable bonds is 4. The van der Waals surface area contributed by atoms with Gasteiger partial charge in [-0.2, -0.15) is 0 Å². The maximum absolute atomic E-state index is 13.4. The summed E-state index contributed by atoms with van der Waals surface area (Å²) in [7, 11) is 0. The summed E-state index contributed by atoms with van der Waals surface area (Å²) in [6, 6.07) is 4.22. The van der Waals surface area contributed by atoms with Gasteiger partial charge in [0, 0.05) is 19.1 Å². The molecule has 1 aromatic carbocycles. The lowest BCUT2D eigenvalue weighted by atomic mass is 10.0. The Hall–Kier alpha value is -1.62. The molecule has 1 saturated heterocycles. The first-order valence-electron chi connectivity index (χ1n) is 5.97. The molecule has 1 fully saturated rings. The van der Waals surface area contributed by atoms with Crippen LogP contribution in [0.15, 0.2) is 18.2 Å². The number of anilines is 1. The lowest BCUT2D eigenvalue weighted by Crippen LogP contribution is -2.21. The van der Waals surface area contributed by atoms with E-state index >= 15 is 0 Å². The lowest BCUT2D eigenvalue weighted by Gasteiger charge is -2.16. The van der Waals surface area contributed by atoms with E-state index in [4.69, 9.17) is 9.84 Å². The van der Waals surface area contributed by atoms with E-state index in [9.17, 15) is 9.18 Å². The van der Waals surface area contributed by atoms with E-state index in [1.165, 1.54) is 6.07 Å². The Morgan fingerprint density at radius 2 is 2.39 bits per heavy atom. The van der Waals surface area contributed by atoms with Crippen LogP contribution in [0.5, 0.6) is 0 Å². The molecule has 0 aromatic heterocycles. The van der Waals surface area contributed by atoms with Gasteiger partial charge in [0.2, 0.25) is 0 Å².